The van der Waals surface area contributed by atoms with Crippen molar-refractivity contribution >= 4 is 29.2 Å². The fraction of sp³-hybridized carbons (Fsp3) is 0.263. The molecule has 0 spiro atoms. The van der Waals surface area contributed by atoms with E-state index in [1.807, 2.05) is 13.8 Å². The number of aromatic carboxylic acids is 1. The molecule has 6 nitrogen and oxygen atoms in total. The average molecular weight is 378 g/mol. The minimum atomic E-state index is -1.16. The molecule has 7 heteroatoms. The Labute approximate surface area is 156 Å². The molecular formula is C19H20ClNO5. The van der Waals surface area contributed by atoms with Crippen LogP contribution in [0.4, 0.5) is 5.69 Å². The molecule has 0 heterocycles. The lowest BCUT2D eigenvalue weighted by molar-refractivity contribution is 0.0696. The van der Waals surface area contributed by atoms with Gasteiger partial charge in [-0.15, -0.1) is 0 Å². The number of carbonyl (C=O) groups is 2. The quantitative estimate of drug-likeness (QED) is 0.750. The van der Waals surface area contributed by atoms with Crippen molar-refractivity contribution in [3.05, 3.63) is 52.5 Å². The van der Waals surface area contributed by atoms with Crippen molar-refractivity contribution in [2.75, 3.05) is 19.0 Å². The van der Waals surface area contributed by atoms with Crippen molar-refractivity contribution in [3.63, 3.8) is 0 Å². The van der Waals surface area contributed by atoms with E-state index in [0.717, 1.165) is 0 Å². The number of ether oxygens (including phenoxy) is 2. The van der Waals surface area contributed by atoms with Crippen molar-refractivity contribution in [3.8, 4) is 11.5 Å². The summed E-state index contributed by atoms with van der Waals surface area (Å²) in [6, 6.07) is 9.28. The van der Waals surface area contributed by atoms with Gasteiger partial charge in [0.15, 0.2) is 5.75 Å². The Hall–Kier alpha value is -2.73. The summed E-state index contributed by atoms with van der Waals surface area (Å²) in [5, 5.41) is 11.9. The lowest BCUT2D eigenvalue weighted by Gasteiger charge is -2.14. The maximum absolute atomic E-state index is 12.6. The third-order valence-electron chi connectivity index (χ3n) is 3.42. The van der Waals surface area contributed by atoms with Crippen LogP contribution in [0.15, 0.2) is 36.4 Å². The molecule has 0 radical (unpaired) electrons. The maximum Gasteiger partial charge on any atom is 0.335 e. The van der Waals surface area contributed by atoms with Gasteiger partial charge in [-0.2, -0.15) is 0 Å². The number of anilines is 1. The van der Waals surface area contributed by atoms with Gasteiger partial charge in [0.1, 0.15) is 5.75 Å². The molecule has 2 aromatic carbocycles. The Morgan fingerprint density at radius 1 is 1.19 bits per heavy atom. The zero-order chi connectivity index (χ0) is 19.3. The van der Waals surface area contributed by atoms with Crippen LogP contribution in [0, 0.1) is 5.92 Å². The third kappa shape index (κ3) is 4.89. The maximum atomic E-state index is 12.6. The number of amides is 1. The highest BCUT2D eigenvalue weighted by molar-refractivity contribution is 6.33. The number of methoxy groups -OCH3 is 1. The molecule has 2 aromatic rings. The standard InChI is InChI=1S/C19H20ClNO5/c1-11(2)10-26-14-6-4-5-12(7-14)18(22)21-16-9-13(19(23)24)8-15(20)17(16)25-3/h4-9,11H,10H2,1-3H3,(H,21,22)(H,23,24). The summed E-state index contributed by atoms with van der Waals surface area (Å²) in [6.45, 7) is 4.60. The second-order valence-corrected chi connectivity index (χ2v) is 6.44. The number of hydrogen-bond acceptors (Lipinski definition) is 4. The summed E-state index contributed by atoms with van der Waals surface area (Å²) in [4.78, 5) is 23.8. The van der Waals surface area contributed by atoms with E-state index in [0.29, 0.717) is 23.8 Å². The number of rotatable bonds is 7. The molecule has 1 amide bonds. The number of hydrogen-bond donors (Lipinski definition) is 2. The second kappa shape index (κ2) is 8.58. The molecule has 26 heavy (non-hydrogen) atoms. The molecule has 0 fully saturated rings. The first-order chi connectivity index (χ1) is 12.3. The molecular weight excluding hydrogens is 358 g/mol. The summed E-state index contributed by atoms with van der Waals surface area (Å²) < 4.78 is 10.8. The van der Waals surface area contributed by atoms with E-state index in [1.165, 1.54) is 19.2 Å². The fourth-order valence-electron chi connectivity index (χ4n) is 2.20. The Morgan fingerprint density at radius 3 is 2.54 bits per heavy atom. The molecule has 138 valence electrons. The number of nitrogens with one attached hydrogen (secondary N) is 1. The molecule has 0 aliphatic heterocycles. The summed E-state index contributed by atoms with van der Waals surface area (Å²) in [5.41, 5.74) is 0.487. The molecule has 0 unspecified atom stereocenters. The van der Waals surface area contributed by atoms with Gasteiger partial charge in [-0.3, -0.25) is 4.79 Å². The van der Waals surface area contributed by atoms with E-state index in [2.05, 4.69) is 5.32 Å². The summed E-state index contributed by atoms with van der Waals surface area (Å²) in [6.07, 6.45) is 0. The first-order valence-corrected chi connectivity index (χ1v) is 8.34. The van der Waals surface area contributed by atoms with Crippen LogP contribution in [0.5, 0.6) is 11.5 Å². The normalized spacial score (nSPS) is 10.5. The number of carboxylic acid groups (broad SMARTS) is 1. The Bertz CT molecular complexity index is 820. The lowest BCUT2D eigenvalue weighted by Crippen LogP contribution is -2.14. The van der Waals surface area contributed by atoms with E-state index < -0.39 is 11.9 Å². The lowest BCUT2D eigenvalue weighted by atomic mass is 10.1. The van der Waals surface area contributed by atoms with Crippen LogP contribution < -0.4 is 14.8 Å². The number of carboxylic acids is 1. The number of carbonyl (C=O) groups excluding carboxylic acids is 1. The number of benzene rings is 2. The summed E-state index contributed by atoms with van der Waals surface area (Å²) in [7, 11) is 1.39. The van der Waals surface area contributed by atoms with Crippen molar-refractivity contribution in [1.82, 2.24) is 0 Å². The van der Waals surface area contributed by atoms with Crippen molar-refractivity contribution < 1.29 is 24.2 Å². The molecule has 0 aromatic heterocycles. The largest absolute Gasteiger partial charge is 0.493 e. The number of halogens is 1. The predicted octanol–water partition coefficient (Wildman–Crippen LogP) is 4.33. The SMILES string of the molecule is COc1c(Cl)cc(C(=O)O)cc1NC(=O)c1cccc(OCC(C)C)c1. The molecule has 0 saturated heterocycles. The molecule has 0 aliphatic rings. The van der Waals surface area contributed by atoms with Gasteiger partial charge in [0.2, 0.25) is 0 Å². The van der Waals surface area contributed by atoms with Crippen LogP contribution in [0.25, 0.3) is 0 Å². The van der Waals surface area contributed by atoms with E-state index in [9.17, 15) is 9.59 Å². The molecule has 0 aliphatic carbocycles. The Kier molecular flexibility index (Phi) is 6.46. The predicted molar refractivity (Wildman–Crippen MR) is 99.7 cm³/mol. The van der Waals surface area contributed by atoms with Crippen LogP contribution in [0.1, 0.15) is 34.6 Å². The van der Waals surface area contributed by atoms with Gasteiger partial charge in [-0.25, -0.2) is 4.79 Å². The molecule has 0 bridgehead atoms. The van der Waals surface area contributed by atoms with E-state index in [4.69, 9.17) is 26.2 Å². The van der Waals surface area contributed by atoms with Crippen LogP contribution in [0.3, 0.4) is 0 Å². The van der Waals surface area contributed by atoms with Crippen molar-refractivity contribution in [1.29, 1.82) is 0 Å². The van der Waals surface area contributed by atoms with Gasteiger partial charge >= 0.3 is 5.97 Å². The van der Waals surface area contributed by atoms with E-state index in [-0.39, 0.29) is 22.0 Å². The van der Waals surface area contributed by atoms with Crippen molar-refractivity contribution in [2.24, 2.45) is 5.92 Å². The minimum Gasteiger partial charge on any atom is -0.493 e. The summed E-state index contributed by atoms with van der Waals surface area (Å²) in [5.74, 6) is -0.462. The highest BCUT2D eigenvalue weighted by Crippen LogP contribution is 2.34. The van der Waals surface area contributed by atoms with Crippen molar-refractivity contribution in [2.45, 2.75) is 13.8 Å². The van der Waals surface area contributed by atoms with E-state index >= 15 is 0 Å². The summed E-state index contributed by atoms with van der Waals surface area (Å²) >= 11 is 6.04. The zero-order valence-electron chi connectivity index (χ0n) is 14.7. The molecule has 2 N–H and O–H groups in total. The zero-order valence-corrected chi connectivity index (χ0v) is 15.5. The highest BCUT2D eigenvalue weighted by Gasteiger charge is 2.17. The van der Waals surface area contributed by atoms with Gasteiger partial charge in [-0.1, -0.05) is 31.5 Å². The average Bonchev–Trinajstić information content (AvgIpc) is 2.59. The van der Waals surface area contributed by atoms with Gasteiger partial charge in [0, 0.05) is 5.56 Å². The van der Waals surface area contributed by atoms with Crippen LogP contribution in [-0.4, -0.2) is 30.7 Å². The molecule has 0 saturated carbocycles. The Morgan fingerprint density at radius 2 is 1.92 bits per heavy atom. The first-order valence-electron chi connectivity index (χ1n) is 7.97. The van der Waals surface area contributed by atoms with Gasteiger partial charge in [0.05, 0.1) is 30.0 Å². The second-order valence-electron chi connectivity index (χ2n) is 6.03. The van der Waals surface area contributed by atoms with Gasteiger partial charge in [-0.05, 0) is 36.2 Å². The third-order valence-corrected chi connectivity index (χ3v) is 3.70. The van der Waals surface area contributed by atoms with Crippen LogP contribution in [-0.2, 0) is 0 Å². The van der Waals surface area contributed by atoms with Crippen LogP contribution >= 0.6 is 11.6 Å². The highest BCUT2D eigenvalue weighted by atomic mass is 35.5. The fourth-order valence-corrected chi connectivity index (χ4v) is 2.50. The van der Waals surface area contributed by atoms with E-state index in [1.54, 1.807) is 24.3 Å². The molecule has 0 atom stereocenters. The first kappa shape index (κ1) is 19.6. The minimum absolute atomic E-state index is 0.0554. The van der Waals surface area contributed by atoms with Gasteiger partial charge < -0.3 is 19.9 Å². The smallest absolute Gasteiger partial charge is 0.335 e. The van der Waals surface area contributed by atoms with Gasteiger partial charge in [0.25, 0.3) is 5.91 Å². The monoisotopic (exact) mass is 377 g/mol. The molecule has 2 rings (SSSR count). The topological polar surface area (TPSA) is 84.9 Å². The Balaban J connectivity index is 2.27. The van der Waals surface area contributed by atoms with Crippen LogP contribution in [0.2, 0.25) is 5.02 Å².